The Labute approximate surface area is 115 Å². The van der Waals surface area contributed by atoms with Gasteiger partial charge in [0.2, 0.25) is 11.2 Å². The maximum Gasteiger partial charge on any atom is 0.264 e. The lowest BCUT2D eigenvalue weighted by atomic mass is 10.0. The highest BCUT2D eigenvalue weighted by molar-refractivity contribution is 7.15. The Morgan fingerprint density at radius 1 is 1.58 bits per heavy atom. The second kappa shape index (κ2) is 5.96. The van der Waals surface area contributed by atoms with Crippen molar-refractivity contribution in [2.24, 2.45) is 11.1 Å². The van der Waals surface area contributed by atoms with E-state index in [9.17, 15) is 4.79 Å². The van der Waals surface area contributed by atoms with E-state index in [2.05, 4.69) is 20.7 Å². The molecule has 7 nitrogen and oxygen atoms in total. The molecule has 1 aliphatic heterocycles. The third kappa shape index (κ3) is 3.63. The molecule has 1 aliphatic rings. The first-order chi connectivity index (χ1) is 9.06. The van der Waals surface area contributed by atoms with Crippen molar-refractivity contribution in [3.8, 4) is 0 Å². The highest BCUT2D eigenvalue weighted by Gasteiger charge is 2.28. The van der Waals surface area contributed by atoms with Gasteiger partial charge in [-0.05, 0) is 5.92 Å². The predicted molar refractivity (Wildman–Crippen MR) is 72.8 cm³/mol. The van der Waals surface area contributed by atoms with Gasteiger partial charge in [0.15, 0.2) is 0 Å². The summed E-state index contributed by atoms with van der Waals surface area (Å²) >= 11 is 1.33. The van der Waals surface area contributed by atoms with Crippen LogP contribution in [0.25, 0.3) is 0 Å². The Morgan fingerprint density at radius 2 is 2.37 bits per heavy atom. The first kappa shape index (κ1) is 13.7. The van der Waals surface area contributed by atoms with E-state index in [1.807, 2.05) is 13.8 Å². The van der Waals surface area contributed by atoms with E-state index in [-0.39, 0.29) is 5.91 Å². The van der Waals surface area contributed by atoms with Crippen LogP contribution in [0.5, 0.6) is 0 Å². The van der Waals surface area contributed by atoms with Crippen molar-refractivity contribution in [2.75, 3.05) is 12.3 Å². The zero-order chi connectivity index (χ0) is 13.8. The summed E-state index contributed by atoms with van der Waals surface area (Å²) in [6.07, 6.45) is 0.678. The number of amides is 1. The van der Waals surface area contributed by atoms with Gasteiger partial charge in [-0.1, -0.05) is 30.3 Å². The maximum absolute atomic E-state index is 11.8. The molecule has 1 aromatic heterocycles. The fourth-order valence-corrected chi connectivity index (χ4v) is 2.26. The van der Waals surface area contributed by atoms with Crippen molar-refractivity contribution < 1.29 is 9.63 Å². The molecule has 2 rings (SSSR count). The van der Waals surface area contributed by atoms with Crippen LogP contribution in [-0.2, 0) is 16.1 Å². The van der Waals surface area contributed by atoms with Crippen LogP contribution in [0.3, 0.4) is 0 Å². The van der Waals surface area contributed by atoms with E-state index in [4.69, 9.17) is 10.6 Å². The molecular formula is C11H17N5O2S. The molecule has 0 fully saturated rings. The number of carbonyl (C=O) groups excluding carboxylic acids is 1. The summed E-state index contributed by atoms with van der Waals surface area (Å²) in [4.78, 5) is 17.0. The van der Waals surface area contributed by atoms with Gasteiger partial charge in [0.25, 0.3) is 5.91 Å². The summed E-state index contributed by atoms with van der Waals surface area (Å²) in [5.41, 5.74) is 6.40. The van der Waals surface area contributed by atoms with E-state index in [0.717, 1.165) is 10.7 Å². The number of anilines is 1. The van der Waals surface area contributed by atoms with Gasteiger partial charge >= 0.3 is 0 Å². The number of oxime groups is 1. The Bertz CT molecular complexity index is 485. The summed E-state index contributed by atoms with van der Waals surface area (Å²) in [6, 6.07) is 0. The Morgan fingerprint density at radius 3 is 2.95 bits per heavy atom. The van der Waals surface area contributed by atoms with E-state index in [0.29, 0.717) is 30.4 Å². The SMILES string of the molecule is CC(C)C1=NO[C@@H](C(=O)NCCc2nnc(N)s2)C1. The number of nitrogens with zero attached hydrogens (tertiary/aromatic N) is 3. The summed E-state index contributed by atoms with van der Waals surface area (Å²) in [6.45, 7) is 4.55. The molecule has 1 amide bonds. The molecule has 0 saturated carbocycles. The van der Waals surface area contributed by atoms with Gasteiger partial charge in [-0.3, -0.25) is 4.79 Å². The highest BCUT2D eigenvalue weighted by atomic mass is 32.1. The van der Waals surface area contributed by atoms with Crippen LogP contribution in [0.2, 0.25) is 0 Å². The molecule has 0 radical (unpaired) electrons. The second-order valence-corrected chi connectivity index (χ2v) is 5.70. The lowest BCUT2D eigenvalue weighted by Crippen LogP contribution is -2.36. The Balaban J connectivity index is 1.71. The van der Waals surface area contributed by atoms with Crippen LogP contribution in [0.15, 0.2) is 5.16 Å². The predicted octanol–water partition coefficient (Wildman–Crippen LogP) is 0.580. The lowest BCUT2D eigenvalue weighted by molar-refractivity contribution is -0.131. The van der Waals surface area contributed by atoms with Gasteiger partial charge in [-0.2, -0.15) is 0 Å². The molecule has 1 aromatic rings. The van der Waals surface area contributed by atoms with Crippen molar-refractivity contribution in [1.82, 2.24) is 15.5 Å². The maximum atomic E-state index is 11.8. The van der Waals surface area contributed by atoms with Gasteiger partial charge < -0.3 is 15.9 Å². The molecule has 0 bridgehead atoms. The molecule has 0 aromatic carbocycles. The summed E-state index contributed by atoms with van der Waals surface area (Å²) in [5, 5.41) is 15.6. The van der Waals surface area contributed by atoms with E-state index in [1.54, 1.807) is 0 Å². The average molecular weight is 283 g/mol. The van der Waals surface area contributed by atoms with Crippen LogP contribution in [-0.4, -0.2) is 34.5 Å². The topological polar surface area (TPSA) is 102 Å². The summed E-state index contributed by atoms with van der Waals surface area (Å²) in [5.74, 6) is 0.166. The molecule has 0 aliphatic carbocycles. The molecule has 104 valence electrons. The van der Waals surface area contributed by atoms with E-state index in [1.165, 1.54) is 11.3 Å². The minimum atomic E-state index is -0.503. The fraction of sp³-hybridized carbons (Fsp3) is 0.636. The molecule has 3 N–H and O–H groups in total. The Hall–Kier alpha value is -1.70. The standard InChI is InChI=1S/C11H17N5O2S/c1-6(2)7-5-8(18-16-7)10(17)13-4-3-9-14-15-11(12)19-9/h6,8H,3-5H2,1-2H3,(H2,12,15)(H,13,17)/t8-/m1/s1. The molecule has 2 heterocycles. The zero-order valence-corrected chi connectivity index (χ0v) is 11.7. The van der Waals surface area contributed by atoms with E-state index < -0.39 is 6.10 Å². The van der Waals surface area contributed by atoms with Gasteiger partial charge in [0, 0.05) is 19.4 Å². The zero-order valence-electron chi connectivity index (χ0n) is 10.9. The lowest BCUT2D eigenvalue weighted by Gasteiger charge is -2.08. The monoisotopic (exact) mass is 283 g/mol. The number of aromatic nitrogens is 2. The highest BCUT2D eigenvalue weighted by Crippen LogP contribution is 2.16. The Kier molecular flexibility index (Phi) is 4.31. The van der Waals surface area contributed by atoms with Crippen molar-refractivity contribution in [3.05, 3.63) is 5.01 Å². The summed E-state index contributed by atoms with van der Waals surface area (Å²) < 4.78 is 0. The van der Waals surface area contributed by atoms with Crippen molar-refractivity contribution in [2.45, 2.75) is 32.8 Å². The average Bonchev–Trinajstić information content (AvgIpc) is 2.98. The van der Waals surface area contributed by atoms with Crippen molar-refractivity contribution in [3.63, 3.8) is 0 Å². The van der Waals surface area contributed by atoms with Gasteiger partial charge in [-0.25, -0.2) is 0 Å². The number of hydrogen-bond donors (Lipinski definition) is 2. The molecule has 0 spiro atoms. The molecule has 0 saturated heterocycles. The molecule has 0 unspecified atom stereocenters. The number of carbonyl (C=O) groups is 1. The molecule has 8 heteroatoms. The molecular weight excluding hydrogens is 266 g/mol. The van der Waals surface area contributed by atoms with E-state index >= 15 is 0 Å². The summed E-state index contributed by atoms with van der Waals surface area (Å²) in [7, 11) is 0. The van der Waals surface area contributed by atoms with Crippen molar-refractivity contribution >= 4 is 28.1 Å². The number of nitrogen functional groups attached to an aromatic ring is 1. The largest absolute Gasteiger partial charge is 0.382 e. The third-order valence-corrected chi connectivity index (χ3v) is 3.58. The van der Waals surface area contributed by atoms with Crippen LogP contribution < -0.4 is 11.1 Å². The number of hydrogen-bond acceptors (Lipinski definition) is 7. The third-order valence-electron chi connectivity index (χ3n) is 2.77. The minimum Gasteiger partial charge on any atom is -0.382 e. The van der Waals surface area contributed by atoms with Crippen molar-refractivity contribution in [1.29, 1.82) is 0 Å². The first-order valence-corrected chi connectivity index (χ1v) is 6.96. The number of nitrogens with one attached hydrogen (secondary N) is 1. The fourth-order valence-electron chi connectivity index (χ4n) is 1.65. The number of rotatable bonds is 5. The van der Waals surface area contributed by atoms with Gasteiger partial charge in [0.05, 0.1) is 5.71 Å². The number of nitrogens with two attached hydrogens (primary N) is 1. The van der Waals surface area contributed by atoms with Crippen LogP contribution in [0, 0.1) is 5.92 Å². The normalized spacial score (nSPS) is 18.3. The smallest absolute Gasteiger partial charge is 0.264 e. The second-order valence-electron chi connectivity index (χ2n) is 4.61. The minimum absolute atomic E-state index is 0.142. The first-order valence-electron chi connectivity index (χ1n) is 6.14. The van der Waals surface area contributed by atoms with Crippen LogP contribution >= 0.6 is 11.3 Å². The van der Waals surface area contributed by atoms with Crippen LogP contribution in [0.4, 0.5) is 5.13 Å². The van der Waals surface area contributed by atoms with Gasteiger partial charge in [0.1, 0.15) is 5.01 Å². The quantitative estimate of drug-likeness (QED) is 0.823. The van der Waals surface area contributed by atoms with Crippen LogP contribution in [0.1, 0.15) is 25.3 Å². The molecule has 19 heavy (non-hydrogen) atoms. The molecule has 1 atom stereocenters. The van der Waals surface area contributed by atoms with Gasteiger partial charge in [-0.15, -0.1) is 10.2 Å².